The van der Waals surface area contributed by atoms with Crippen molar-refractivity contribution in [2.45, 2.75) is 26.6 Å². The standard InChI is InChI=1S/C21H30N4O.HI/c1-16-6-11-19(20(12-16)26-5)14-24-21(22-2)23-13-17-7-9-18(10-8-17)15-25(3)4;/h6-12H,13-15H2,1-5H3,(H2,22,23,24);1H. The third-order valence-electron chi connectivity index (χ3n) is 4.09. The van der Waals surface area contributed by atoms with Crippen molar-refractivity contribution in [2.75, 3.05) is 28.3 Å². The zero-order valence-electron chi connectivity index (χ0n) is 16.9. The van der Waals surface area contributed by atoms with Crippen molar-refractivity contribution in [1.82, 2.24) is 15.5 Å². The van der Waals surface area contributed by atoms with Gasteiger partial charge in [0, 0.05) is 32.2 Å². The Bertz CT molecular complexity index is 729. The van der Waals surface area contributed by atoms with E-state index in [0.29, 0.717) is 6.54 Å². The number of aliphatic imine (C=N–C) groups is 1. The topological polar surface area (TPSA) is 48.9 Å². The van der Waals surface area contributed by atoms with E-state index in [4.69, 9.17) is 4.74 Å². The van der Waals surface area contributed by atoms with Gasteiger partial charge < -0.3 is 20.3 Å². The van der Waals surface area contributed by atoms with E-state index in [1.807, 2.05) is 6.07 Å². The molecule has 148 valence electrons. The third-order valence-corrected chi connectivity index (χ3v) is 4.09. The predicted molar refractivity (Wildman–Crippen MR) is 124 cm³/mol. The van der Waals surface area contributed by atoms with Crippen LogP contribution in [0.25, 0.3) is 0 Å². The van der Waals surface area contributed by atoms with Gasteiger partial charge in [-0.2, -0.15) is 0 Å². The lowest BCUT2D eigenvalue weighted by Crippen LogP contribution is -2.36. The predicted octanol–water partition coefficient (Wildman–Crippen LogP) is 3.55. The Balaban J connectivity index is 0.00000364. The highest BCUT2D eigenvalue weighted by molar-refractivity contribution is 14.0. The fourth-order valence-corrected chi connectivity index (χ4v) is 2.71. The summed E-state index contributed by atoms with van der Waals surface area (Å²) in [5, 5.41) is 6.69. The first kappa shape index (κ1) is 23.2. The fraction of sp³-hybridized carbons (Fsp3) is 0.381. The molecule has 0 saturated heterocycles. The maximum atomic E-state index is 5.46. The zero-order chi connectivity index (χ0) is 18.9. The average Bonchev–Trinajstić information content (AvgIpc) is 2.63. The van der Waals surface area contributed by atoms with Gasteiger partial charge in [0.25, 0.3) is 0 Å². The lowest BCUT2D eigenvalue weighted by Gasteiger charge is -2.15. The average molecular weight is 482 g/mol. The van der Waals surface area contributed by atoms with Crippen LogP contribution < -0.4 is 15.4 Å². The van der Waals surface area contributed by atoms with Gasteiger partial charge in [-0.25, -0.2) is 0 Å². The SMILES string of the molecule is CN=C(NCc1ccc(CN(C)C)cc1)NCc1ccc(C)cc1OC.I. The van der Waals surface area contributed by atoms with Crippen molar-refractivity contribution in [3.8, 4) is 5.75 Å². The fourth-order valence-electron chi connectivity index (χ4n) is 2.71. The van der Waals surface area contributed by atoms with E-state index >= 15 is 0 Å². The molecule has 2 aromatic carbocycles. The third kappa shape index (κ3) is 7.76. The van der Waals surface area contributed by atoms with Crippen LogP contribution in [0, 0.1) is 6.92 Å². The van der Waals surface area contributed by atoms with Crippen LogP contribution in [-0.4, -0.2) is 39.1 Å². The number of hydrogen-bond donors (Lipinski definition) is 2. The molecule has 2 N–H and O–H groups in total. The number of halogens is 1. The molecule has 0 saturated carbocycles. The smallest absolute Gasteiger partial charge is 0.191 e. The number of hydrogen-bond acceptors (Lipinski definition) is 3. The maximum Gasteiger partial charge on any atom is 0.191 e. The van der Waals surface area contributed by atoms with Gasteiger partial charge >= 0.3 is 0 Å². The zero-order valence-corrected chi connectivity index (χ0v) is 19.2. The molecule has 2 rings (SSSR count). The Morgan fingerprint density at radius 1 is 1.00 bits per heavy atom. The van der Waals surface area contributed by atoms with E-state index in [1.165, 1.54) is 16.7 Å². The van der Waals surface area contributed by atoms with Crippen LogP contribution in [0.4, 0.5) is 0 Å². The normalized spacial score (nSPS) is 11.1. The molecule has 0 amide bonds. The van der Waals surface area contributed by atoms with Crippen molar-refractivity contribution in [2.24, 2.45) is 4.99 Å². The minimum atomic E-state index is 0. The number of rotatable bonds is 7. The molecule has 0 spiro atoms. The minimum absolute atomic E-state index is 0. The van der Waals surface area contributed by atoms with Gasteiger partial charge in [-0.05, 0) is 43.8 Å². The molecule has 2 aromatic rings. The summed E-state index contributed by atoms with van der Waals surface area (Å²) in [6.45, 7) is 4.40. The number of methoxy groups -OCH3 is 1. The van der Waals surface area contributed by atoms with Crippen LogP contribution in [0.5, 0.6) is 5.75 Å². The van der Waals surface area contributed by atoms with E-state index < -0.39 is 0 Å². The molecule has 27 heavy (non-hydrogen) atoms. The number of aryl methyl sites for hydroxylation is 1. The van der Waals surface area contributed by atoms with Crippen LogP contribution in [0.2, 0.25) is 0 Å². The Labute approximate surface area is 180 Å². The molecule has 6 heteroatoms. The van der Waals surface area contributed by atoms with Crippen LogP contribution in [0.3, 0.4) is 0 Å². The summed E-state index contributed by atoms with van der Waals surface area (Å²) in [6, 6.07) is 14.9. The Hall–Kier alpha value is -1.80. The van der Waals surface area contributed by atoms with Gasteiger partial charge in [0.15, 0.2) is 5.96 Å². The summed E-state index contributed by atoms with van der Waals surface area (Å²) in [4.78, 5) is 6.46. The van der Waals surface area contributed by atoms with Crippen molar-refractivity contribution in [3.63, 3.8) is 0 Å². The first-order valence-corrected chi connectivity index (χ1v) is 8.82. The molecule has 0 fully saturated rings. The van der Waals surface area contributed by atoms with Gasteiger partial charge in [-0.15, -0.1) is 24.0 Å². The highest BCUT2D eigenvalue weighted by atomic mass is 127. The van der Waals surface area contributed by atoms with E-state index in [-0.39, 0.29) is 24.0 Å². The molecule has 0 aliphatic carbocycles. The van der Waals surface area contributed by atoms with Crippen molar-refractivity contribution in [3.05, 3.63) is 64.7 Å². The van der Waals surface area contributed by atoms with Crippen LogP contribution in [0.15, 0.2) is 47.5 Å². The number of guanidine groups is 1. The second kappa shape index (κ2) is 11.8. The summed E-state index contributed by atoms with van der Waals surface area (Å²) in [7, 11) is 7.63. The van der Waals surface area contributed by atoms with Gasteiger partial charge in [0.2, 0.25) is 0 Å². The monoisotopic (exact) mass is 482 g/mol. The minimum Gasteiger partial charge on any atom is -0.496 e. The molecule has 0 bridgehead atoms. The molecule has 0 radical (unpaired) electrons. The molecule has 0 heterocycles. The maximum absolute atomic E-state index is 5.46. The van der Waals surface area contributed by atoms with E-state index in [1.54, 1.807) is 14.2 Å². The van der Waals surface area contributed by atoms with Crippen molar-refractivity contribution in [1.29, 1.82) is 0 Å². The van der Waals surface area contributed by atoms with Crippen LogP contribution in [-0.2, 0) is 19.6 Å². The molecular weight excluding hydrogens is 451 g/mol. The molecular formula is C21H31IN4O. The Morgan fingerprint density at radius 2 is 1.63 bits per heavy atom. The molecule has 0 atom stereocenters. The number of nitrogens with zero attached hydrogens (tertiary/aromatic N) is 2. The molecule has 0 aliphatic heterocycles. The summed E-state index contributed by atoms with van der Waals surface area (Å²) in [6.07, 6.45) is 0. The lowest BCUT2D eigenvalue weighted by molar-refractivity contribution is 0.402. The quantitative estimate of drug-likeness (QED) is 0.360. The summed E-state index contributed by atoms with van der Waals surface area (Å²) < 4.78 is 5.46. The van der Waals surface area contributed by atoms with Gasteiger partial charge in [-0.1, -0.05) is 36.4 Å². The Morgan fingerprint density at radius 3 is 2.22 bits per heavy atom. The van der Waals surface area contributed by atoms with Gasteiger partial charge in [0.05, 0.1) is 7.11 Å². The Kier molecular flexibility index (Phi) is 10.2. The van der Waals surface area contributed by atoms with Crippen molar-refractivity contribution < 1.29 is 4.74 Å². The van der Waals surface area contributed by atoms with Crippen LogP contribution >= 0.6 is 24.0 Å². The highest BCUT2D eigenvalue weighted by Gasteiger charge is 2.05. The summed E-state index contributed by atoms with van der Waals surface area (Å²) in [5.41, 5.74) is 4.83. The first-order chi connectivity index (χ1) is 12.5. The van der Waals surface area contributed by atoms with Gasteiger partial charge in [-0.3, -0.25) is 4.99 Å². The summed E-state index contributed by atoms with van der Waals surface area (Å²) in [5.74, 6) is 1.66. The van der Waals surface area contributed by atoms with Gasteiger partial charge in [0.1, 0.15) is 5.75 Å². The number of benzene rings is 2. The second-order valence-corrected chi connectivity index (χ2v) is 6.65. The lowest BCUT2D eigenvalue weighted by atomic mass is 10.1. The van der Waals surface area contributed by atoms with Crippen molar-refractivity contribution >= 4 is 29.9 Å². The van der Waals surface area contributed by atoms with Crippen LogP contribution in [0.1, 0.15) is 22.3 Å². The molecule has 0 aromatic heterocycles. The largest absolute Gasteiger partial charge is 0.496 e. The number of ether oxygens (including phenoxy) is 1. The molecule has 5 nitrogen and oxygen atoms in total. The van der Waals surface area contributed by atoms with E-state index in [0.717, 1.165) is 30.4 Å². The first-order valence-electron chi connectivity index (χ1n) is 8.82. The van der Waals surface area contributed by atoms with E-state index in [9.17, 15) is 0 Å². The highest BCUT2D eigenvalue weighted by Crippen LogP contribution is 2.19. The second-order valence-electron chi connectivity index (χ2n) is 6.65. The number of nitrogens with one attached hydrogen (secondary N) is 2. The molecule has 0 unspecified atom stereocenters. The van der Waals surface area contributed by atoms with E-state index in [2.05, 4.69) is 77.9 Å². The summed E-state index contributed by atoms with van der Waals surface area (Å²) >= 11 is 0. The molecule has 0 aliphatic rings.